The van der Waals surface area contributed by atoms with Crippen LogP contribution < -0.4 is 14.8 Å². The minimum absolute atomic E-state index is 0. The quantitative estimate of drug-likeness (QED) is 0.787. The van der Waals surface area contributed by atoms with Gasteiger partial charge >= 0.3 is 0 Å². The molecule has 1 aromatic heterocycles. The number of carbonyl (C=O) groups excluding carboxylic acids is 1. The lowest BCUT2D eigenvalue weighted by Crippen LogP contribution is -2.30. The van der Waals surface area contributed by atoms with E-state index in [1.165, 1.54) is 0 Å². The van der Waals surface area contributed by atoms with Gasteiger partial charge in [-0.25, -0.2) is 4.68 Å². The van der Waals surface area contributed by atoms with Gasteiger partial charge in [-0.1, -0.05) is 5.21 Å². The SMILES string of the molecule is COc1ccc(CN(C)C(=O)c2nnn(C3CCNCC3)c2C)c(OC)c1.Cl. The molecule has 0 aliphatic carbocycles. The molecule has 1 aliphatic rings. The molecule has 0 spiro atoms. The number of aromatic nitrogens is 3. The van der Waals surface area contributed by atoms with Crippen molar-refractivity contribution < 1.29 is 14.3 Å². The van der Waals surface area contributed by atoms with Crippen LogP contribution in [-0.4, -0.2) is 60.2 Å². The average molecular weight is 410 g/mol. The van der Waals surface area contributed by atoms with Crippen LogP contribution in [0.25, 0.3) is 0 Å². The van der Waals surface area contributed by atoms with Gasteiger partial charge in [0.25, 0.3) is 5.91 Å². The molecule has 0 unspecified atom stereocenters. The third-order valence-corrected chi connectivity index (χ3v) is 5.03. The average Bonchev–Trinajstić information content (AvgIpc) is 3.09. The van der Waals surface area contributed by atoms with E-state index in [4.69, 9.17) is 9.47 Å². The highest BCUT2D eigenvalue weighted by Crippen LogP contribution is 2.26. The fraction of sp³-hybridized carbons (Fsp3) is 0.526. The Morgan fingerprint density at radius 1 is 1.29 bits per heavy atom. The summed E-state index contributed by atoms with van der Waals surface area (Å²) in [5.41, 5.74) is 2.13. The third kappa shape index (κ3) is 4.56. The van der Waals surface area contributed by atoms with Crippen molar-refractivity contribution >= 4 is 18.3 Å². The molecule has 1 amide bonds. The molecule has 2 aromatic rings. The molecule has 1 aromatic carbocycles. The Morgan fingerprint density at radius 2 is 2.00 bits per heavy atom. The van der Waals surface area contributed by atoms with E-state index in [1.807, 2.05) is 29.8 Å². The number of hydrogen-bond donors (Lipinski definition) is 1. The molecule has 3 rings (SSSR count). The molecular weight excluding hydrogens is 382 g/mol. The summed E-state index contributed by atoms with van der Waals surface area (Å²) in [5.74, 6) is 1.25. The summed E-state index contributed by atoms with van der Waals surface area (Å²) in [6.45, 7) is 4.25. The normalized spacial score (nSPS) is 14.3. The summed E-state index contributed by atoms with van der Waals surface area (Å²) in [6, 6.07) is 5.87. The van der Waals surface area contributed by atoms with Crippen molar-refractivity contribution in [2.45, 2.75) is 32.4 Å². The second-order valence-electron chi connectivity index (χ2n) is 6.79. The second kappa shape index (κ2) is 9.75. The molecule has 154 valence electrons. The largest absolute Gasteiger partial charge is 0.497 e. The number of halogens is 1. The van der Waals surface area contributed by atoms with Gasteiger partial charge in [0.05, 0.1) is 26.0 Å². The highest BCUT2D eigenvalue weighted by Gasteiger charge is 2.25. The fourth-order valence-electron chi connectivity index (χ4n) is 3.43. The monoisotopic (exact) mass is 409 g/mol. The third-order valence-electron chi connectivity index (χ3n) is 5.03. The number of ether oxygens (including phenoxy) is 2. The van der Waals surface area contributed by atoms with Crippen LogP contribution in [0.5, 0.6) is 11.5 Å². The van der Waals surface area contributed by atoms with E-state index in [9.17, 15) is 4.79 Å². The van der Waals surface area contributed by atoms with Gasteiger partial charge in [0.2, 0.25) is 0 Å². The Labute approximate surface area is 171 Å². The number of benzene rings is 1. The van der Waals surface area contributed by atoms with Crippen molar-refractivity contribution in [3.63, 3.8) is 0 Å². The molecular formula is C19H28ClN5O3. The first-order chi connectivity index (χ1) is 13.0. The zero-order valence-electron chi connectivity index (χ0n) is 16.8. The summed E-state index contributed by atoms with van der Waals surface area (Å²) in [4.78, 5) is 14.6. The van der Waals surface area contributed by atoms with E-state index in [-0.39, 0.29) is 18.3 Å². The first-order valence-corrected chi connectivity index (χ1v) is 9.14. The maximum absolute atomic E-state index is 12.9. The van der Waals surface area contributed by atoms with E-state index < -0.39 is 0 Å². The Hall–Kier alpha value is -2.32. The van der Waals surface area contributed by atoms with E-state index in [1.54, 1.807) is 26.2 Å². The van der Waals surface area contributed by atoms with E-state index in [0.29, 0.717) is 29.8 Å². The summed E-state index contributed by atoms with van der Waals surface area (Å²) in [7, 11) is 4.97. The minimum Gasteiger partial charge on any atom is -0.497 e. The molecule has 1 fully saturated rings. The number of hydrogen-bond acceptors (Lipinski definition) is 6. The van der Waals surface area contributed by atoms with Gasteiger partial charge in [-0.05, 0) is 45.0 Å². The molecule has 1 N–H and O–H groups in total. The van der Waals surface area contributed by atoms with Crippen molar-refractivity contribution in [1.82, 2.24) is 25.2 Å². The maximum Gasteiger partial charge on any atom is 0.276 e. The van der Waals surface area contributed by atoms with Gasteiger partial charge in [0.1, 0.15) is 11.5 Å². The first-order valence-electron chi connectivity index (χ1n) is 9.14. The Kier molecular flexibility index (Phi) is 7.65. The van der Waals surface area contributed by atoms with Crippen LogP contribution in [0, 0.1) is 6.92 Å². The number of carbonyl (C=O) groups is 1. The first kappa shape index (κ1) is 22.0. The van der Waals surface area contributed by atoms with Crippen molar-refractivity contribution in [1.29, 1.82) is 0 Å². The minimum atomic E-state index is -0.148. The number of methoxy groups -OCH3 is 2. The zero-order chi connectivity index (χ0) is 19.4. The van der Waals surface area contributed by atoms with Gasteiger partial charge in [0.15, 0.2) is 5.69 Å². The lowest BCUT2D eigenvalue weighted by molar-refractivity contribution is 0.0777. The molecule has 1 aliphatic heterocycles. The summed E-state index contributed by atoms with van der Waals surface area (Å²) < 4.78 is 12.5. The van der Waals surface area contributed by atoms with Gasteiger partial charge < -0.3 is 19.7 Å². The molecule has 2 heterocycles. The topological polar surface area (TPSA) is 81.5 Å². The van der Waals surface area contributed by atoms with E-state index in [2.05, 4.69) is 15.6 Å². The van der Waals surface area contributed by atoms with Crippen molar-refractivity contribution in [3.8, 4) is 11.5 Å². The number of piperidine rings is 1. The summed E-state index contributed by atoms with van der Waals surface area (Å²) in [6.07, 6.45) is 1.99. The Balaban J connectivity index is 0.00000280. The van der Waals surface area contributed by atoms with Gasteiger partial charge in [0, 0.05) is 25.2 Å². The fourth-order valence-corrected chi connectivity index (χ4v) is 3.43. The molecule has 0 radical (unpaired) electrons. The Morgan fingerprint density at radius 3 is 2.64 bits per heavy atom. The number of nitrogens with zero attached hydrogens (tertiary/aromatic N) is 4. The molecule has 0 atom stereocenters. The molecule has 0 saturated carbocycles. The van der Waals surface area contributed by atoms with Crippen molar-refractivity contribution in [2.75, 3.05) is 34.4 Å². The number of rotatable bonds is 6. The standard InChI is InChI=1S/C19H27N5O3.ClH/c1-13-18(21-22-24(13)15-7-9-20-10-8-15)19(25)23(2)12-14-5-6-16(26-3)11-17(14)27-4;/h5-6,11,15,20H,7-10,12H2,1-4H3;1H. The predicted octanol–water partition coefficient (Wildman–Crippen LogP) is 2.22. The van der Waals surface area contributed by atoms with Crippen LogP contribution in [0.1, 0.15) is 40.6 Å². The summed E-state index contributed by atoms with van der Waals surface area (Å²) in [5, 5.41) is 11.8. The lowest BCUT2D eigenvalue weighted by atomic mass is 10.1. The van der Waals surface area contributed by atoms with Crippen LogP contribution in [0.4, 0.5) is 0 Å². The maximum atomic E-state index is 12.9. The summed E-state index contributed by atoms with van der Waals surface area (Å²) >= 11 is 0. The smallest absolute Gasteiger partial charge is 0.276 e. The van der Waals surface area contributed by atoms with E-state index >= 15 is 0 Å². The van der Waals surface area contributed by atoms with Crippen molar-refractivity contribution in [2.24, 2.45) is 0 Å². The molecule has 8 nitrogen and oxygen atoms in total. The van der Waals surface area contributed by atoms with Crippen LogP contribution >= 0.6 is 12.4 Å². The van der Waals surface area contributed by atoms with Gasteiger partial charge in [-0.15, -0.1) is 17.5 Å². The second-order valence-corrected chi connectivity index (χ2v) is 6.79. The molecule has 28 heavy (non-hydrogen) atoms. The molecule has 9 heteroatoms. The van der Waals surface area contributed by atoms with Gasteiger partial charge in [-0.2, -0.15) is 0 Å². The highest BCUT2D eigenvalue weighted by atomic mass is 35.5. The van der Waals surface area contributed by atoms with Crippen LogP contribution in [0.3, 0.4) is 0 Å². The van der Waals surface area contributed by atoms with Crippen LogP contribution in [-0.2, 0) is 6.54 Å². The van der Waals surface area contributed by atoms with E-state index in [0.717, 1.165) is 37.2 Å². The zero-order valence-corrected chi connectivity index (χ0v) is 17.6. The molecule has 1 saturated heterocycles. The number of amides is 1. The highest BCUT2D eigenvalue weighted by molar-refractivity contribution is 5.93. The van der Waals surface area contributed by atoms with Crippen LogP contribution in [0.15, 0.2) is 18.2 Å². The van der Waals surface area contributed by atoms with Crippen molar-refractivity contribution in [3.05, 3.63) is 35.2 Å². The number of nitrogens with one attached hydrogen (secondary N) is 1. The lowest BCUT2D eigenvalue weighted by Gasteiger charge is -2.23. The van der Waals surface area contributed by atoms with Crippen LogP contribution in [0.2, 0.25) is 0 Å². The Bertz CT molecular complexity index is 805. The predicted molar refractivity (Wildman–Crippen MR) is 108 cm³/mol. The van der Waals surface area contributed by atoms with Gasteiger partial charge in [-0.3, -0.25) is 4.79 Å². The molecule has 0 bridgehead atoms.